The van der Waals surface area contributed by atoms with Gasteiger partial charge in [0.15, 0.2) is 0 Å². The number of aryl methyl sites for hydroxylation is 2. The van der Waals surface area contributed by atoms with Crippen LogP contribution < -0.4 is 5.32 Å². The van der Waals surface area contributed by atoms with Crippen molar-refractivity contribution in [3.05, 3.63) is 16.4 Å². The zero-order valence-corrected chi connectivity index (χ0v) is 12.5. The maximum atomic E-state index is 6.41. The Morgan fingerprint density at radius 2 is 2.11 bits per heavy atom. The molecule has 0 bridgehead atoms. The average Bonchev–Trinajstić information content (AvgIpc) is 2.59. The first-order valence-electron chi connectivity index (χ1n) is 7.04. The van der Waals surface area contributed by atoms with Crippen molar-refractivity contribution >= 4 is 11.6 Å². The van der Waals surface area contributed by atoms with Gasteiger partial charge in [-0.05, 0) is 45.1 Å². The highest BCUT2D eigenvalue weighted by molar-refractivity contribution is 6.31. The van der Waals surface area contributed by atoms with Crippen LogP contribution in [0.15, 0.2) is 0 Å². The predicted molar refractivity (Wildman–Crippen MR) is 76.2 cm³/mol. The number of aromatic nitrogens is 2. The molecule has 1 saturated carbocycles. The Balaban J connectivity index is 2.16. The van der Waals surface area contributed by atoms with Crippen LogP contribution in [0.4, 0.5) is 0 Å². The SMILES string of the molecule is CCNCC1(Cc2c(Cl)c(C)nn2CC)CCC1. The Bertz CT molecular complexity index is 407. The molecule has 102 valence electrons. The number of hydrogen-bond donors (Lipinski definition) is 1. The third-order valence-corrected chi connectivity index (χ3v) is 4.65. The molecule has 0 aliphatic heterocycles. The lowest BCUT2D eigenvalue weighted by atomic mass is 9.66. The second kappa shape index (κ2) is 5.62. The van der Waals surface area contributed by atoms with Crippen LogP contribution in [-0.4, -0.2) is 22.9 Å². The Kier molecular flexibility index (Phi) is 4.33. The standard InChI is InChI=1S/C14H24ClN3/c1-4-16-10-14(7-6-8-14)9-12-13(15)11(3)17-18(12)5-2/h16H,4-10H2,1-3H3. The molecule has 0 aromatic carbocycles. The minimum absolute atomic E-state index is 0.416. The molecule has 1 aliphatic rings. The summed E-state index contributed by atoms with van der Waals surface area (Å²) < 4.78 is 2.07. The maximum Gasteiger partial charge on any atom is 0.0847 e. The van der Waals surface area contributed by atoms with Crippen molar-refractivity contribution in [1.29, 1.82) is 0 Å². The third kappa shape index (κ3) is 2.57. The van der Waals surface area contributed by atoms with Crippen molar-refractivity contribution in [3.63, 3.8) is 0 Å². The summed E-state index contributed by atoms with van der Waals surface area (Å²) in [5.74, 6) is 0. The Labute approximate surface area is 115 Å². The van der Waals surface area contributed by atoms with Crippen molar-refractivity contribution in [2.75, 3.05) is 13.1 Å². The van der Waals surface area contributed by atoms with Crippen LogP contribution in [0, 0.1) is 12.3 Å². The summed E-state index contributed by atoms with van der Waals surface area (Å²) in [5, 5.41) is 8.89. The predicted octanol–water partition coefficient (Wildman–Crippen LogP) is 3.19. The summed E-state index contributed by atoms with van der Waals surface area (Å²) in [6, 6.07) is 0. The number of rotatable bonds is 6. The molecule has 0 saturated heterocycles. The molecule has 3 nitrogen and oxygen atoms in total. The average molecular weight is 270 g/mol. The van der Waals surface area contributed by atoms with Crippen molar-refractivity contribution in [2.45, 2.75) is 53.0 Å². The lowest BCUT2D eigenvalue weighted by molar-refractivity contribution is 0.128. The monoisotopic (exact) mass is 269 g/mol. The fraction of sp³-hybridized carbons (Fsp3) is 0.786. The number of nitrogens with zero attached hydrogens (tertiary/aromatic N) is 2. The molecule has 0 radical (unpaired) electrons. The Morgan fingerprint density at radius 3 is 2.61 bits per heavy atom. The van der Waals surface area contributed by atoms with E-state index in [-0.39, 0.29) is 0 Å². The Hall–Kier alpha value is -0.540. The van der Waals surface area contributed by atoms with Crippen molar-refractivity contribution in [1.82, 2.24) is 15.1 Å². The van der Waals surface area contributed by atoms with Crippen LogP contribution in [0.2, 0.25) is 5.02 Å². The molecule has 0 unspecified atom stereocenters. The van der Waals surface area contributed by atoms with Gasteiger partial charge in [-0.25, -0.2) is 0 Å². The number of halogens is 1. The van der Waals surface area contributed by atoms with Crippen LogP contribution >= 0.6 is 11.6 Å². The summed E-state index contributed by atoms with van der Waals surface area (Å²) in [4.78, 5) is 0. The van der Waals surface area contributed by atoms with E-state index in [2.05, 4.69) is 28.9 Å². The van der Waals surface area contributed by atoms with E-state index in [1.54, 1.807) is 0 Å². The molecule has 1 heterocycles. The second-order valence-electron chi connectivity index (χ2n) is 5.47. The molecule has 18 heavy (non-hydrogen) atoms. The van der Waals surface area contributed by atoms with Crippen LogP contribution in [-0.2, 0) is 13.0 Å². The zero-order chi connectivity index (χ0) is 13.2. The number of hydrogen-bond acceptors (Lipinski definition) is 2. The fourth-order valence-electron chi connectivity index (χ4n) is 2.88. The lowest BCUT2D eigenvalue weighted by Gasteiger charge is -2.42. The topological polar surface area (TPSA) is 29.9 Å². The van der Waals surface area contributed by atoms with E-state index in [9.17, 15) is 0 Å². The van der Waals surface area contributed by atoms with E-state index in [1.165, 1.54) is 25.0 Å². The fourth-order valence-corrected chi connectivity index (χ4v) is 3.08. The first-order valence-corrected chi connectivity index (χ1v) is 7.42. The molecule has 1 fully saturated rings. The minimum atomic E-state index is 0.416. The van der Waals surface area contributed by atoms with Gasteiger partial charge in [-0.2, -0.15) is 5.10 Å². The lowest BCUT2D eigenvalue weighted by Crippen LogP contribution is -2.42. The normalized spacial score (nSPS) is 17.8. The van der Waals surface area contributed by atoms with E-state index in [1.807, 2.05) is 6.92 Å². The van der Waals surface area contributed by atoms with Gasteiger partial charge in [-0.15, -0.1) is 0 Å². The van der Waals surface area contributed by atoms with Crippen LogP contribution in [0.25, 0.3) is 0 Å². The highest BCUT2D eigenvalue weighted by Crippen LogP contribution is 2.44. The molecular weight excluding hydrogens is 246 g/mol. The van der Waals surface area contributed by atoms with Crippen molar-refractivity contribution < 1.29 is 0 Å². The Morgan fingerprint density at radius 1 is 1.39 bits per heavy atom. The van der Waals surface area contributed by atoms with Crippen LogP contribution in [0.3, 0.4) is 0 Å². The van der Waals surface area contributed by atoms with Gasteiger partial charge in [0.25, 0.3) is 0 Å². The molecule has 1 aromatic heterocycles. The third-order valence-electron chi connectivity index (χ3n) is 4.16. The van der Waals surface area contributed by atoms with E-state index in [0.717, 1.165) is 36.8 Å². The van der Waals surface area contributed by atoms with E-state index >= 15 is 0 Å². The van der Waals surface area contributed by atoms with Gasteiger partial charge in [-0.1, -0.05) is 24.9 Å². The molecule has 0 amide bonds. The van der Waals surface area contributed by atoms with Crippen LogP contribution in [0.1, 0.15) is 44.5 Å². The highest BCUT2D eigenvalue weighted by atomic mass is 35.5. The summed E-state index contributed by atoms with van der Waals surface area (Å²) in [6.07, 6.45) is 5.03. The second-order valence-corrected chi connectivity index (χ2v) is 5.85. The largest absolute Gasteiger partial charge is 0.316 e. The summed E-state index contributed by atoms with van der Waals surface area (Å²) >= 11 is 6.41. The van der Waals surface area contributed by atoms with Gasteiger partial charge in [0.2, 0.25) is 0 Å². The summed E-state index contributed by atoms with van der Waals surface area (Å²) in [5.41, 5.74) is 2.61. The molecule has 4 heteroatoms. The zero-order valence-electron chi connectivity index (χ0n) is 11.7. The quantitative estimate of drug-likeness (QED) is 0.860. The van der Waals surface area contributed by atoms with Crippen LogP contribution in [0.5, 0.6) is 0 Å². The minimum Gasteiger partial charge on any atom is -0.316 e. The van der Waals surface area contributed by atoms with E-state index in [4.69, 9.17) is 11.6 Å². The molecule has 2 rings (SSSR count). The van der Waals surface area contributed by atoms with Crippen molar-refractivity contribution in [3.8, 4) is 0 Å². The van der Waals surface area contributed by atoms with Gasteiger partial charge < -0.3 is 5.32 Å². The van der Waals surface area contributed by atoms with E-state index < -0.39 is 0 Å². The van der Waals surface area contributed by atoms with Gasteiger partial charge >= 0.3 is 0 Å². The molecule has 1 N–H and O–H groups in total. The van der Waals surface area contributed by atoms with Gasteiger partial charge in [0.1, 0.15) is 0 Å². The maximum absolute atomic E-state index is 6.41. The molecule has 1 aromatic rings. The molecule has 0 atom stereocenters. The van der Waals surface area contributed by atoms with E-state index in [0.29, 0.717) is 5.41 Å². The first kappa shape index (κ1) is 13.9. The molecule has 1 aliphatic carbocycles. The smallest absolute Gasteiger partial charge is 0.0847 e. The van der Waals surface area contributed by atoms with Gasteiger partial charge in [0.05, 0.1) is 16.4 Å². The number of nitrogens with one attached hydrogen (secondary N) is 1. The summed E-state index contributed by atoms with van der Waals surface area (Å²) in [7, 11) is 0. The molecular formula is C14H24ClN3. The first-order chi connectivity index (χ1) is 8.62. The highest BCUT2D eigenvalue weighted by Gasteiger charge is 2.38. The van der Waals surface area contributed by atoms with Gasteiger partial charge in [-0.3, -0.25) is 4.68 Å². The van der Waals surface area contributed by atoms with Gasteiger partial charge in [0, 0.05) is 13.1 Å². The van der Waals surface area contributed by atoms with Crippen molar-refractivity contribution in [2.24, 2.45) is 5.41 Å². The molecule has 0 spiro atoms. The summed E-state index contributed by atoms with van der Waals surface area (Å²) in [6.45, 7) is 9.34.